The fraction of sp³-hybridized carbons (Fsp3) is 0.333. The summed E-state index contributed by atoms with van der Waals surface area (Å²) >= 11 is 0. The summed E-state index contributed by atoms with van der Waals surface area (Å²) in [4.78, 5) is 33.6. The van der Waals surface area contributed by atoms with E-state index >= 15 is 0 Å². The van der Waals surface area contributed by atoms with Gasteiger partial charge in [0.15, 0.2) is 6.61 Å². The number of hydrogen-bond acceptors (Lipinski definition) is 6. The normalized spacial score (nSPS) is 10.6. The quantitative estimate of drug-likeness (QED) is 0.351. The number of esters is 1. The predicted molar refractivity (Wildman–Crippen MR) is 79.6 cm³/mol. The van der Waals surface area contributed by atoms with E-state index in [1.807, 2.05) is 25.3 Å². The standard InChI is InChI=1S/C15H16N2O6/c1-4-16-9(2)7-11(10(16)3)12(18)8-22-15(19)13-5-6-14(23-13)17(20)21/h5-7H,4,8H2,1-3H3. The highest BCUT2D eigenvalue weighted by Gasteiger charge is 2.21. The molecule has 0 saturated heterocycles. The third kappa shape index (κ3) is 3.31. The second-order valence-corrected chi connectivity index (χ2v) is 4.92. The molecule has 0 amide bonds. The molecule has 0 spiro atoms. The van der Waals surface area contributed by atoms with Gasteiger partial charge in [0.2, 0.25) is 11.5 Å². The van der Waals surface area contributed by atoms with Gasteiger partial charge in [-0.1, -0.05) is 0 Å². The molecule has 0 atom stereocenters. The van der Waals surface area contributed by atoms with E-state index in [9.17, 15) is 19.7 Å². The number of ketones is 1. The minimum absolute atomic E-state index is 0.316. The molecule has 8 heteroatoms. The molecular formula is C15H16N2O6. The maximum atomic E-state index is 12.2. The minimum Gasteiger partial charge on any atom is -0.451 e. The Morgan fingerprint density at radius 3 is 2.57 bits per heavy atom. The molecule has 0 aliphatic heterocycles. The maximum Gasteiger partial charge on any atom is 0.433 e. The summed E-state index contributed by atoms with van der Waals surface area (Å²) in [6.07, 6.45) is 0. The summed E-state index contributed by atoms with van der Waals surface area (Å²) in [6, 6.07) is 3.92. The Hall–Kier alpha value is -2.90. The van der Waals surface area contributed by atoms with E-state index in [1.165, 1.54) is 0 Å². The van der Waals surface area contributed by atoms with Crippen LogP contribution in [0.15, 0.2) is 22.6 Å². The van der Waals surface area contributed by atoms with Crippen LogP contribution in [0.4, 0.5) is 5.88 Å². The highest BCUT2D eigenvalue weighted by atomic mass is 16.7. The van der Waals surface area contributed by atoms with Crippen molar-refractivity contribution in [3.05, 3.63) is 51.0 Å². The van der Waals surface area contributed by atoms with Crippen molar-refractivity contribution >= 4 is 17.6 Å². The Balaban J connectivity index is 2.04. The van der Waals surface area contributed by atoms with Crippen molar-refractivity contribution in [2.75, 3.05) is 6.61 Å². The number of furan rings is 1. The van der Waals surface area contributed by atoms with Gasteiger partial charge in [-0.25, -0.2) is 4.79 Å². The van der Waals surface area contributed by atoms with Gasteiger partial charge in [0, 0.05) is 23.5 Å². The van der Waals surface area contributed by atoms with Gasteiger partial charge in [-0.3, -0.25) is 14.9 Å². The molecule has 0 N–H and O–H groups in total. The van der Waals surface area contributed by atoms with Crippen LogP contribution < -0.4 is 0 Å². The average Bonchev–Trinajstić information content (AvgIpc) is 3.10. The largest absolute Gasteiger partial charge is 0.451 e. The van der Waals surface area contributed by atoms with Gasteiger partial charge >= 0.3 is 11.9 Å². The highest BCUT2D eigenvalue weighted by Crippen LogP contribution is 2.18. The van der Waals surface area contributed by atoms with Crippen molar-refractivity contribution in [1.29, 1.82) is 0 Å². The Morgan fingerprint density at radius 1 is 1.35 bits per heavy atom. The summed E-state index contributed by atoms with van der Waals surface area (Å²) in [5.74, 6) is -2.14. The van der Waals surface area contributed by atoms with Crippen LogP contribution in [0, 0.1) is 24.0 Å². The number of hydrogen-bond donors (Lipinski definition) is 0. The molecule has 2 heterocycles. The number of nitro groups is 1. The fourth-order valence-corrected chi connectivity index (χ4v) is 2.39. The van der Waals surface area contributed by atoms with Crippen LogP contribution in [-0.4, -0.2) is 27.8 Å². The molecule has 2 aromatic rings. The summed E-state index contributed by atoms with van der Waals surface area (Å²) in [5, 5.41) is 10.5. The zero-order chi connectivity index (χ0) is 17.1. The summed E-state index contributed by atoms with van der Waals surface area (Å²) in [6.45, 7) is 5.96. The van der Waals surface area contributed by atoms with Crippen LogP contribution in [-0.2, 0) is 11.3 Å². The molecule has 0 aromatic carbocycles. The Labute approximate surface area is 131 Å². The van der Waals surface area contributed by atoms with Crippen molar-refractivity contribution in [1.82, 2.24) is 4.57 Å². The van der Waals surface area contributed by atoms with Gasteiger partial charge in [0.25, 0.3) is 0 Å². The molecule has 0 aliphatic rings. The van der Waals surface area contributed by atoms with Crippen LogP contribution in [0.1, 0.15) is 39.2 Å². The molecule has 8 nitrogen and oxygen atoms in total. The lowest BCUT2D eigenvalue weighted by molar-refractivity contribution is -0.402. The maximum absolute atomic E-state index is 12.2. The number of ether oxygens (including phenoxy) is 1. The van der Waals surface area contributed by atoms with E-state index in [1.54, 1.807) is 6.07 Å². The third-order valence-electron chi connectivity index (χ3n) is 3.50. The molecule has 0 fully saturated rings. The molecule has 0 aliphatic carbocycles. The van der Waals surface area contributed by atoms with Crippen LogP contribution in [0.5, 0.6) is 0 Å². The lowest BCUT2D eigenvalue weighted by Crippen LogP contribution is -2.14. The van der Waals surface area contributed by atoms with Crippen LogP contribution in [0.2, 0.25) is 0 Å². The Morgan fingerprint density at radius 2 is 2.04 bits per heavy atom. The number of carbonyl (C=O) groups is 2. The van der Waals surface area contributed by atoms with E-state index in [2.05, 4.69) is 0 Å². The first-order valence-electron chi connectivity index (χ1n) is 6.96. The molecule has 0 bridgehead atoms. The van der Waals surface area contributed by atoms with Gasteiger partial charge in [-0.05, 0) is 32.9 Å². The first kappa shape index (κ1) is 16.5. The zero-order valence-corrected chi connectivity index (χ0v) is 13.0. The van der Waals surface area contributed by atoms with Crippen molar-refractivity contribution in [3.63, 3.8) is 0 Å². The van der Waals surface area contributed by atoms with Crippen molar-refractivity contribution in [2.45, 2.75) is 27.3 Å². The number of aryl methyl sites for hydroxylation is 1. The first-order valence-corrected chi connectivity index (χ1v) is 6.96. The van der Waals surface area contributed by atoms with Crippen LogP contribution in [0.3, 0.4) is 0 Å². The summed E-state index contributed by atoms with van der Waals surface area (Å²) in [7, 11) is 0. The molecule has 122 valence electrons. The first-order chi connectivity index (χ1) is 10.8. The molecular weight excluding hydrogens is 304 g/mol. The Bertz CT molecular complexity index is 771. The lowest BCUT2D eigenvalue weighted by atomic mass is 10.1. The average molecular weight is 320 g/mol. The van der Waals surface area contributed by atoms with Crippen molar-refractivity contribution in [3.8, 4) is 0 Å². The van der Waals surface area contributed by atoms with E-state index in [-0.39, 0.29) is 11.5 Å². The van der Waals surface area contributed by atoms with E-state index in [4.69, 9.17) is 9.15 Å². The molecule has 0 saturated carbocycles. The number of carbonyl (C=O) groups excluding carboxylic acids is 2. The van der Waals surface area contributed by atoms with E-state index in [0.717, 1.165) is 30.1 Å². The van der Waals surface area contributed by atoms with Gasteiger partial charge in [0.05, 0.1) is 6.07 Å². The summed E-state index contributed by atoms with van der Waals surface area (Å²) in [5.41, 5.74) is 2.24. The van der Waals surface area contributed by atoms with Gasteiger partial charge in [0.1, 0.15) is 4.92 Å². The monoisotopic (exact) mass is 320 g/mol. The molecule has 0 unspecified atom stereocenters. The van der Waals surface area contributed by atoms with E-state index < -0.39 is 23.4 Å². The molecule has 2 aromatic heterocycles. The van der Waals surface area contributed by atoms with Crippen molar-refractivity contribution < 1.29 is 23.7 Å². The molecule has 2 rings (SSSR count). The number of aromatic nitrogens is 1. The van der Waals surface area contributed by atoms with Crippen molar-refractivity contribution in [2.24, 2.45) is 0 Å². The second kappa shape index (κ2) is 6.47. The molecule has 0 radical (unpaired) electrons. The highest BCUT2D eigenvalue weighted by molar-refractivity contribution is 6.00. The smallest absolute Gasteiger partial charge is 0.433 e. The second-order valence-electron chi connectivity index (χ2n) is 4.92. The lowest BCUT2D eigenvalue weighted by Gasteiger charge is -2.06. The summed E-state index contributed by atoms with van der Waals surface area (Å²) < 4.78 is 11.6. The fourth-order valence-electron chi connectivity index (χ4n) is 2.39. The topological polar surface area (TPSA) is 105 Å². The number of Topliss-reactive ketones (excluding diaryl/α,β-unsaturated/α-hetero) is 1. The minimum atomic E-state index is -0.921. The van der Waals surface area contributed by atoms with Crippen LogP contribution in [0.25, 0.3) is 0 Å². The van der Waals surface area contributed by atoms with Gasteiger partial charge in [-0.15, -0.1) is 0 Å². The SMILES string of the molecule is CCn1c(C)cc(C(=O)COC(=O)c2ccc([N+](=O)[O-])o2)c1C. The van der Waals surface area contributed by atoms with Gasteiger partial charge in [-0.2, -0.15) is 0 Å². The molecule has 23 heavy (non-hydrogen) atoms. The van der Waals surface area contributed by atoms with Gasteiger partial charge < -0.3 is 13.7 Å². The third-order valence-corrected chi connectivity index (χ3v) is 3.50. The van der Waals surface area contributed by atoms with Crippen LogP contribution >= 0.6 is 0 Å². The van der Waals surface area contributed by atoms with E-state index in [0.29, 0.717) is 5.56 Å². The number of rotatable bonds is 6. The zero-order valence-electron chi connectivity index (χ0n) is 13.0. The predicted octanol–water partition coefficient (Wildman–Crippen LogP) is 2.67. The number of nitrogens with zero attached hydrogens (tertiary/aromatic N) is 2. The Kier molecular flexibility index (Phi) is 4.63.